The largest absolute Gasteiger partial charge is 0.435 e. The predicted molar refractivity (Wildman–Crippen MR) is 102 cm³/mol. The van der Waals surface area contributed by atoms with Crippen molar-refractivity contribution in [2.75, 3.05) is 0 Å². The van der Waals surface area contributed by atoms with Gasteiger partial charge in [0.15, 0.2) is 11.5 Å². The number of halogens is 4. The van der Waals surface area contributed by atoms with Crippen molar-refractivity contribution in [1.82, 2.24) is 15.1 Å². The summed E-state index contributed by atoms with van der Waals surface area (Å²) in [6.07, 6.45) is 1.64. The zero-order valence-corrected chi connectivity index (χ0v) is 16.1. The minimum absolute atomic E-state index is 0.00112. The molecule has 5 rings (SSSR count). The molecule has 0 spiro atoms. The molecule has 9 heteroatoms. The van der Waals surface area contributed by atoms with E-state index in [0.717, 1.165) is 29.8 Å². The molecule has 1 aromatic heterocycles. The van der Waals surface area contributed by atoms with Gasteiger partial charge in [-0.05, 0) is 48.6 Å². The van der Waals surface area contributed by atoms with E-state index in [-0.39, 0.29) is 29.6 Å². The maximum Gasteiger partial charge on any atom is 0.387 e. The van der Waals surface area contributed by atoms with E-state index < -0.39 is 24.2 Å². The third-order valence-electron chi connectivity index (χ3n) is 5.69. The standard InChI is InChI=1S/C22H17F4N3O2/c23-13-4-5-18(17(24)9-13)29-20-15-7-12(15)8-16(20)19(28-29)21(30)27-10-11-2-1-3-14(6-11)31-22(25)26/h1-6,9,12,15,22H,7-8,10H2,(H,27,30)/t12-,15-/m1/s1. The lowest BCUT2D eigenvalue weighted by Gasteiger charge is -2.08. The Labute approximate surface area is 174 Å². The van der Waals surface area contributed by atoms with Crippen LogP contribution in [0.2, 0.25) is 0 Å². The highest BCUT2D eigenvalue weighted by Gasteiger charge is 2.50. The second-order valence-corrected chi connectivity index (χ2v) is 7.73. The SMILES string of the molecule is O=C(NCc1cccc(OC(F)F)c1)c1nn(-c2ccc(F)cc2F)c2c1C[C@H]1C[C@@H]21. The summed E-state index contributed by atoms with van der Waals surface area (Å²) in [6.45, 7) is -2.85. The van der Waals surface area contributed by atoms with Crippen LogP contribution in [0.4, 0.5) is 17.6 Å². The number of amides is 1. The van der Waals surface area contributed by atoms with Crippen molar-refractivity contribution in [3.63, 3.8) is 0 Å². The monoisotopic (exact) mass is 431 g/mol. The number of hydrogen-bond donors (Lipinski definition) is 1. The number of fused-ring (bicyclic) bond motifs is 3. The average molecular weight is 431 g/mol. The van der Waals surface area contributed by atoms with Crippen LogP contribution < -0.4 is 10.1 Å². The molecule has 3 aromatic rings. The fourth-order valence-electron chi connectivity index (χ4n) is 4.23. The molecule has 1 heterocycles. The molecular weight excluding hydrogens is 414 g/mol. The van der Waals surface area contributed by atoms with Gasteiger partial charge < -0.3 is 10.1 Å². The highest BCUT2D eigenvalue weighted by atomic mass is 19.3. The van der Waals surface area contributed by atoms with Crippen LogP contribution in [0, 0.1) is 17.6 Å². The highest BCUT2D eigenvalue weighted by Crippen LogP contribution is 2.57. The number of hydrogen-bond acceptors (Lipinski definition) is 3. The summed E-state index contributed by atoms with van der Waals surface area (Å²) in [5, 5.41) is 7.09. The van der Waals surface area contributed by atoms with E-state index in [1.807, 2.05) is 0 Å². The molecule has 1 fully saturated rings. The van der Waals surface area contributed by atoms with Gasteiger partial charge in [-0.2, -0.15) is 13.9 Å². The molecule has 0 radical (unpaired) electrons. The van der Waals surface area contributed by atoms with Crippen molar-refractivity contribution < 1.29 is 27.1 Å². The van der Waals surface area contributed by atoms with Gasteiger partial charge in [-0.3, -0.25) is 4.79 Å². The average Bonchev–Trinajstić information content (AvgIpc) is 3.22. The number of alkyl halides is 2. The van der Waals surface area contributed by atoms with E-state index >= 15 is 0 Å². The van der Waals surface area contributed by atoms with E-state index in [4.69, 9.17) is 0 Å². The van der Waals surface area contributed by atoms with E-state index in [9.17, 15) is 22.4 Å². The third kappa shape index (κ3) is 3.64. The van der Waals surface area contributed by atoms with Crippen LogP contribution in [0.25, 0.3) is 5.69 Å². The lowest BCUT2D eigenvalue weighted by atomic mass is 10.1. The first-order valence-corrected chi connectivity index (χ1v) is 9.80. The number of rotatable bonds is 6. The van der Waals surface area contributed by atoms with Crippen molar-refractivity contribution in [3.05, 3.63) is 76.6 Å². The maximum absolute atomic E-state index is 14.4. The zero-order valence-electron chi connectivity index (χ0n) is 16.1. The van der Waals surface area contributed by atoms with Gasteiger partial charge in [0.2, 0.25) is 0 Å². The van der Waals surface area contributed by atoms with Crippen LogP contribution in [0.3, 0.4) is 0 Å². The smallest absolute Gasteiger partial charge is 0.387 e. The summed E-state index contributed by atoms with van der Waals surface area (Å²) < 4.78 is 58.3. The molecule has 160 valence electrons. The predicted octanol–water partition coefficient (Wildman–Crippen LogP) is 4.34. The molecule has 1 N–H and O–H groups in total. The Hall–Kier alpha value is -3.36. The molecule has 0 saturated heterocycles. The van der Waals surface area contributed by atoms with Crippen LogP contribution in [-0.4, -0.2) is 22.3 Å². The van der Waals surface area contributed by atoms with Gasteiger partial charge in [0, 0.05) is 24.1 Å². The van der Waals surface area contributed by atoms with Gasteiger partial charge in [0.05, 0.1) is 5.69 Å². The summed E-state index contributed by atoms with van der Waals surface area (Å²) in [4.78, 5) is 12.9. The summed E-state index contributed by atoms with van der Waals surface area (Å²) in [7, 11) is 0. The van der Waals surface area contributed by atoms with Crippen LogP contribution >= 0.6 is 0 Å². The van der Waals surface area contributed by atoms with Gasteiger partial charge in [0.25, 0.3) is 5.91 Å². The van der Waals surface area contributed by atoms with E-state index in [1.54, 1.807) is 12.1 Å². The Bertz CT molecular complexity index is 1180. The number of nitrogens with one attached hydrogen (secondary N) is 1. The molecule has 0 aliphatic heterocycles. The second-order valence-electron chi connectivity index (χ2n) is 7.73. The van der Waals surface area contributed by atoms with Gasteiger partial charge in [-0.25, -0.2) is 13.5 Å². The van der Waals surface area contributed by atoms with Gasteiger partial charge in [0.1, 0.15) is 17.3 Å². The molecule has 1 amide bonds. The van der Waals surface area contributed by atoms with Crippen molar-refractivity contribution in [1.29, 1.82) is 0 Å². The quantitative estimate of drug-likeness (QED) is 0.591. The van der Waals surface area contributed by atoms with Gasteiger partial charge >= 0.3 is 6.61 Å². The first kappa shape index (κ1) is 19.6. The van der Waals surface area contributed by atoms with Crippen molar-refractivity contribution in [3.8, 4) is 11.4 Å². The summed E-state index contributed by atoms with van der Waals surface area (Å²) in [6, 6.07) is 9.29. The lowest BCUT2D eigenvalue weighted by Crippen LogP contribution is -2.24. The fraction of sp³-hybridized carbons (Fsp3) is 0.273. The van der Waals surface area contributed by atoms with Crippen LogP contribution in [0.5, 0.6) is 5.75 Å². The van der Waals surface area contributed by atoms with E-state index in [0.29, 0.717) is 17.9 Å². The number of benzene rings is 2. The van der Waals surface area contributed by atoms with E-state index in [2.05, 4.69) is 15.2 Å². The molecule has 5 nitrogen and oxygen atoms in total. The number of ether oxygens (including phenoxy) is 1. The first-order chi connectivity index (χ1) is 14.9. The summed E-state index contributed by atoms with van der Waals surface area (Å²) in [5.41, 5.74) is 2.45. The third-order valence-corrected chi connectivity index (χ3v) is 5.69. The van der Waals surface area contributed by atoms with Crippen LogP contribution in [0.1, 0.15) is 39.6 Å². The normalized spacial score (nSPS) is 18.6. The molecule has 1 saturated carbocycles. The highest BCUT2D eigenvalue weighted by molar-refractivity contribution is 5.94. The molecular formula is C22H17F4N3O2. The van der Waals surface area contributed by atoms with E-state index in [1.165, 1.54) is 22.9 Å². The molecule has 2 aliphatic rings. The summed E-state index contributed by atoms with van der Waals surface area (Å²) in [5.74, 6) is -1.26. The topological polar surface area (TPSA) is 56.1 Å². The molecule has 0 bridgehead atoms. The Morgan fingerprint density at radius 1 is 1.23 bits per heavy atom. The molecule has 2 atom stereocenters. The van der Waals surface area contributed by atoms with Crippen LogP contribution in [-0.2, 0) is 13.0 Å². The number of carbonyl (C=O) groups is 1. The second kappa shape index (κ2) is 7.40. The zero-order chi connectivity index (χ0) is 21.7. The number of nitrogens with zero attached hydrogens (tertiary/aromatic N) is 2. The minimum Gasteiger partial charge on any atom is -0.435 e. The lowest BCUT2D eigenvalue weighted by molar-refractivity contribution is -0.0498. The molecule has 2 aliphatic carbocycles. The van der Waals surface area contributed by atoms with Crippen molar-refractivity contribution in [2.45, 2.75) is 31.9 Å². The Balaban J connectivity index is 1.40. The van der Waals surface area contributed by atoms with Gasteiger partial charge in [-0.15, -0.1) is 0 Å². The molecule has 2 aromatic carbocycles. The summed E-state index contributed by atoms with van der Waals surface area (Å²) >= 11 is 0. The maximum atomic E-state index is 14.4. The number of aromatic nitrogens is 2. The Morgan fingerprint density at radius 2 is 2.06 bits per heavy atom. The van der Waals surface area contributed by atoms with Gasteiger partial charge in [-0.1, -0.05) is 12.1 Å². The fourth-order valence-corrected chi connectivity index (χ4v) is 4.23. The van der Waals surface area contributed by atoms with Crippen molar-refractivity contribution >= 4 is 5.91 Å². The first-order valence-electron chi connectivity index (χ1n) is 9.80. The minimum atomic E-state index is -2.94. The molecule has 0 unspecified atom stereocenters. The Kier molecular flexibility index (Phi) is 4.68. The Morgan fingerprint density at radius 3 is 2.84 bits per heavy atom. The number of carbonyl (C=O) groups excluding carboxylic acids is 1. The van der Waals surface area contributed by atoms with Crippen LogP contribution in [0.15, 0.2) is 42.5 Å². The van der Waals surface area contributed by atoms with Crippen molar-refractivity contribution in [2.24, 2.45) is 5.92 Å². The molecule has 31 heavy (non-hydrogen) atoms.